The summed E-state index contributed by atoms with van der Waals surface area (Å²) in [5.41, 5.74) is 0. The van der Waals surface area contributed by atoms with E-state index in [0.29, 0.717) is 31.8 Å². The number of nitrogens with zero attached hydrogens (tertiary/aromatic N) is 1. The van der Waals surface area contributed by atoms with Gasteiger partial charge in [0, 0.05) is 18.2 Å². The standard InChI is InChI=1S/C13H19FN2O3S.ClH/c1-13(14,10-5-7-15-8-6-10)20(17,18)11-3-4-12(19-2)16-9-11;/h3-4,9-10,15H,5-8H2,1-2H3;1H. The second kappa shape index (κ2) is 6.89. The van der Waals surface area contributed by atoms with E-state index in [-0.39, 0.29) is 17.3 Å². The van der Waals surface area contributed by atoms with Crippen molar-refractivity contribution in [2.75, 3.05) is 20.2 Å². The van der Waals surface area contributed by atoms with E-state index in [1.807, 2.05) is 0 Å². The summed E-state index contributed by atoms with van der Waals surface area (Å²) in [5.74, 6) is -0.206. The molecule has 8 heteroatoms. The monoisotopic (exact) mass is 338 g/mol. The van der Waals surface area contributed by atoms with Gasteiger partial charge in [0.05, 0.1) is 12.0 Å². The van der Waals surface area contributed by atoms with Crippen LogP contribution in [-0.2, 0) is 9.84 Å². The third-order valence-corrected chi connectivity index (χ3v) is 6.07. The molecule has 0 radical (unpaired) electrons. The van der Waals surface area contributed by atoms with Crippen LogP contribution in [-0.4, -0.2) is 38.6 Å². The summed E-state index contributed by atoms with van der Waals surface area (Å²) in [6.07, 6.45) is 2.17. The van der Waals surface area contributed by atoms with E-state index in [1.54, 1.807) is 0 Å². The highest BCUT2D eigenvalue weighted by molar-refractivity contribution is 7.92. The first-order valence-electron chi connectivity index (χ1n) is 6.54. The molecule has 1 fully saturated rings. The zero-order valence-corrected chi connectivity index (χ0v) is 13.6. The smallest absolute Gasteiger partial charge is 0.215 e. The SMILES string of the molecule is COc1ccc(S(=O)(=O)C(C)(F)C2CCNCC2)cn1.Cl. The van der Waals surface area contributed by atoms with Crippen molar-refractivity contribution in [2.45, 2.75) is 29.7 Å². The third-order valence-electron chi connectivity index (χ3n) is 3.82. The number of methoxy groups -OCH3 is 1. The fourth-order valence-corrected chi connectivity index (χ4v) is 4.01. The Morgan fingerprint density at radius 2 is 2.00 bits per heavy atom. The van der Waals surface area contributed by atoms with Crippen molar-refractivity contribution < 1.29 is 17.5 Å². The van der Waals surface area contributed by atoms with Gasteiger partial charge >= 0.3 is 0 Å². The first kappa shape index (κ1) is 18.1. The lowest BCUT2D eigenvalue weighted by molar-refractivity contribution is 0.159. The summed E-state index contributed by atoms with van der Waals surface area (Å²) < 4.78 is 44.8. The van der Waals surface area contributed by atoms with Gasteiger partial charge in [-0.2, -0.15) is 0 Å². The van der Waals surface area contributed by atoms with E-state index in [2.05, 4.69) is 10.3 Å². The largest absolute Gasteiger partial charge is 0.481 e. The fraction of sp³-hybridized carbons (Fsp3) is 0.615. The number of halogens is 2. The summed E-state index contributed by atoms with van der Waals surface area (Å²) in [5, 5.41) is 0.816. The third kappa shape index (κ3) is 3.46. The van der Waals surface area contributed by atoms with Gasteiger partial charge in [-0.3, -0.25) is 0 Å². The van der Waals surface area contributed by atoms with E-state index < -0.39 is 20.8 Å². The summed E-state index contributed by atoms with van der Waals surface area (Å²) in [4.78, 5) is 3.73. The van der Waals surface area contributed by atoms with E-state index in [1.165, 1.54) is 19.2 Å². The van der Waals surface area contributed by atoms with Crippen molar-refractivity contribution in [3.8, 4) is 5.88 Å². The van der Waals surface area contributed by atoms with Crippen LogP contribution in [0.4, 0.5) is 4.39 Å². The number of hydrogen-bond donors (Lipinski definition) is 1. The average molecular weight is 339 g/mol. The van der Waals surface area contributed by atoms with Crippen LogP contribution in [0.5, 0.6) is 5.88 Å². The molecule has 5 nitrogen and oxygen atoms in total. The molecule has 0 aliphatic carbocycles. The minimum atomic E-state index is -4.08. The van der Waals surface area contributed by atoms with Crippen LogP contribution in [0.25, 0.3) is 0 Å². The Morgan fingerprint density at radius 1 is 1.38 bits per heavy atom. The Balaban J connectivity index is 0.00000220. The minimum absolute atomic E-state index is 0. The van der Waals surface area contributed by atoms with Crippen LogP contribution in [0.2, 0.25) is 0 Å². The van der Waals surface area contributed by atoms with Crippen molar-refractivity contribution in [2.24, 2.45) is 5.92 Å². The zero-order valence-electron chi connectivity index (χ0n) is 12.0. The Kier molecular flexibility index (Phi) is 5.95. The molecule has 0 aromatic carbocycles. The molecule has 120 valence electrons. The number of hydrogen-bond acceptors (Lipinski definition) is 5. The second-order valence-corrected chi connectivity index (χ2v) is 7.33. The summed E-state index contributed by atoms with van der Waals surface area (Å²) >= 11 is 0. The first-order valence-corrected chi connectivity index (χ1v) is 8.02. The van der Waals surface area contributed by atoms with Crippen LogP contribution < -0.4 is 10.1 Å². The molecule has 1 aromatic rings. The molecule has 1 aromatic heterocycles. The van der Waals surface area contributed by atoms with Crippen molar-refractivity contribution >= 4 is 22.2 Å². The Morgan fingerprint density at radius 3 is 2.48 bits per heavy atom. The number of ether oxygens (including phenoxy) is 1. The quantitative estimate of drug-likeness (QED) is 0.909. The number of sulfone groups is 1. The molecule has 1 atom stereocenters. The first-order chi connectivity index (χ1) is 9.39. The fourth-order valence-electron chi connectivity index (χ4n) is 2.43. The van der Waals surface area contributed by atoms with E-state index in [4.69, 9.17) is 4.74 Å². The number of rotatable bonds is 4. The van der Waals surface area contributed by atoms with Gasteiger partial charge in [-0.15, -0.1) is 12.4 Å². The molecule has 1 aliphatic rings. The van der Waals surface area contributed by atoms with Gasteiger partial charge < -0.3 is 10.1 Å². The zero-order chi connectivity index (χ0) is 14.8. The topological polar surface area (TPSA) is 68.3 Å². The van der Waals surface area contributed by atoms with Gasteiger partial charge in [0.2, 0.25) is 20.7 Å². The van der Waals surface area contributed by atoms with Gasteiger partial charge in [-0.1, -0.05) is 0 Å². The van der Waals surface area contributed by atoms with Crippen LogP contribution in [0.3, 0.4) is 0 Å². The van der Waals surface area contributed by atoms with Crippen LogP contribution in [0.1, 0.15) is 19.8 Å². The molecule has 1 unspecified atom stereocenters. The van der Waals surface area contributed by atoms with Gasteiger partial charge in [0.15, 0.2) is 0 Å². The molecule has 0 bridgehead atoms. The van der Waals surface area contributed by atoms with Crippen molar-refractivity contribution in [1.82, 2.24) is 10.3 Å². The molecule has 21 heavy (non-hydrogen) atoms. The molecule has 0 amide bonds. The normalized spacial score (nSPS) is 19.4. The van der Waals surface area contributed by atoms with Crippen LogP contribution in [0.15, 0.2) is 23.2 Å². The Bertz CT molecular complexity index is 557. The highest BCUT2D eigenvalue weighted by atomic mass is 35.5. The van der Waals surface area contributed by atoms with E-state index in [0.717, 1.165) is 13.1 Å². The maximum absolute atomic E-state index is 14.9. The number of aromatic nitrogens is 1. The molecule has 0 spiro atoms. The predicted molar refractivity (Wildman–Crippen MR) is 80.3 cm³/mol. The lowest BCUT2D eigenvalue weighted by Gasteiger charge is -2.33. The lowest BCUT2D eigenvalue weighted by Crippen LogP contribution is -2.44. The minimum Gasteiger partial charge on any atom is -0.481 e. The van der Waals surface area contributed by atoms with Gasteiger partial charge in [-0.25, -0.2) is 17.8 Å². The number of pyridine rings is 1. The molecule has 2 rings (SSSR count). The highest BCUT2D eigenvalue weighted by Gasteiger charge is 2.47. The summed E-state index contributed by atoms with van der Waals surface area (Å²) in [6.45, 7) is 2.43. The average Bonchev–Trinajstić information content (AvgIpc) is 2.48. The van der Waals surface area contributed by atoms with Crippen molar-refractivity contribution in [1.29, 1.82) is 0 Å². The Labute approximate surface area is 130 Å². The van der Waals surface area contributed by atoms with Gasteiger partial charge in [0.25, 0.3) is 0 Å². The van der Waals surface area contributed by atoms with Crippen LogP contribution in [0, 0.1) is 5.92 Å². The van der Waals surface area contributed by atoms with Crippen molar-refractivity contribution in [3.05, 3.63) is 18.3 Å². The van der Waals surface area contributed by atoms with Gasteiger partial charge in [0.1, 0.15) is 0 Å². The maximum Gasteiger partial charge on any atom is 0.215 e. The highest BCUT2D eigenvalue weighted by Crippen LogP contribution is 2.38. The number of nitrogens with one attached hydrogen (secondary N) is 1. The molecular formula is C13H20ClFN2O3S. The summed E-state index contributed by atoms with van der Waals surface area (Å²) in [7, 11) is -2.64. The van der Waals surface area contributed by atoms with Gasteiger partial charge in [-0.05, 0) is 38.9 Å². The molecule has 1 aliphatic heterocycles. The number of alkyl halides is 1. The molecule has 1 saturated heterocycles. The van der Waals surface area contributed by atoms with Crippen LogP contribution >= 0.6 is 12.4 Å². The summed E-state index contributed by atoms with van der Waals surface area (Å²) in [6, 6.07) is 2.76. The molecule has 1 N–H and O–H groups in total. The van der Waals surface area contributed by atoms with Crippen molar-refractivity contribution in [3.63, 3.8) is 0 Å². The lowest BCUT2D eigenvalue weighted by atomic mass is 9.93. The predicted octanol–water partition coefficient (Wildman–Crippen LogP) is 1.97. The Hall–Kier alpha value is -0.920. The molecule has 2 heterocycles. The molecular weight excluding hydrogens is 319 g/mol. The van der Waals surface area contributed by atoms with E-state index in [9.17, 15) is 12.8 Å². The number of piperidine rings is 1. The van der Waals surface area contributed by atoms with E-state index >= 15 is 0 Å². The molecule has 0 saturated carbocycles. The maximum atomic E-state index is 14.9. The second-order valence-electron chi connectivity index (χ2n) is 5.05.